The molecule has 0 aromatic carbocycles. The monoisotopic (exact) mass is 289 g/mol. The van der Waals surface area contributed by atoms with Gasteiger partial charge in [0.25, 0.3) is 0 Å². The fraction of sp³-hybridized carbons (Fsp3) is 1.00. The first-order valence-electron chi connectivity index (χ1n) is 7.68. The summed E-state index contributed by atoms with van der Waals surface area (Å²) in [7, 11) is -2.85. The number of sulfone groups is 1. The molecule has 1 saturated carbocycles. The molecule has 5 heteroatoms. The van der Waals surface area contributed by atoms with Crippen molar-refractivity contribution >= 4 is 9.84 Å². The second kappa shape index (κ2) is 7.04. The van der Waals surface area contributed by atoms with Crippen molar-refractivity contribution in [1.82, 2.24) is 5.32 Å². The Morgan fingerprint density at radius 3 is 2.47 bits per heavy atom. The van der Waals surface area contributed by atoms with Crippen molar-refractivity contribution < 1.29 is 13.5 Å². The molecule has 2 fully saturated rings. The lowest BCUT2D eigenvalue weighted by molar-refractivity contribution is 0.196. The molecule has 0 spiro atoms. The van der Waals surface area contributed by atoms with E-state index in [1.165, 1.54) is 32.1 Å². The Morgan fingerprint density at radius 1 is 1.11 bits per heavy atom. The Bertz CT molecular complexity index is 363. The van der Waals surface area contributed by atoms with Gasteiger partial charge in [0.1, 0.15) is 0 Å². The second-order valence-corrected chi connectivity index (χ2v) is 8.37. The Labute approximate surface area is 116 Å². The molecule has 19 heavy (non-hydrogen) atoms. The van der Waals surface area contributed by atoms with E-state index in [0.29, 0.717) is 17.7 Å². The normalized spacial score (nSPS) is 30.1. The fourth-order valence-corrected chi connectivity index (χ4v) is 5.24. The molecular weight excluding hydrogens is 262 g/mol. The Balaban J connectivity index is 1.91. The van der Waals surface area contributed by atoms with Gasteiger partial charge >= 0.3 is 0 Å². The van der Waals surface area contributed by atoms with E-state index in [4.69, 9.17) is 0 Å². The van der Waals surface area contributed by atoms with Crippen LogP contribution >= 0.6 is 0 Å². The van der Waals surface area contributed by atoms with Crippen LogP contribution in [-0.2, 0) is 9.84 Å². The van der Waals surface area contributed by atoms with Crippen LogP contribution in [0.1, 0.15) is 51.4 Å². The molecule has 0 amide bonds. The molecule has 0 bridgehead atoms. The highest BCUT2D eigenvalue weighted by atomic mass is 32.2. The van der Waals surface area contributed by atoms with Gasteiger partial charge < -0.3 is 10.4 Å². The summed E-state index contributed by atoms with van der Waals surface area (Å²) >= 11 is 0. The van der Waals surface area contributed by atoms with Crippen LogP contribution in [0.15, 0.2) is 0 Å². The number of rotatable bonds is 5. The predicted octanol–water partition coefficient (Wildman–Crippen LogP) is 1.48. The zero-order chi connectivity index (χ0) is 13.7. The first kappa shape index (κ1) is 15.3. The molecule has 0 aromatic heterocycles. The van der Waals surface area contributed by atoms with Crippen LogP contribution in [0, 0.1) is 5.92 Å². The van der Waals surface area contributed by atoms with E-state index in [2.05, 4.69) is 5.32 Å². The van der Waals surface area contributed by atoms with E-state index in [0.717, 1.165) is 19.3 Å². The number of hydrogen-bond donors (Lipinski definition) is 2. The summed E-state index contributed by atoms with van der Waals surface area (Å²) in [5.74, 6) is 1.24. The minimum Gasteiger partial charge on any atom is -0.396 e. The quantitative estimate of drug-likeness (QED) is 0.804. The lowest BCUT2D eigenvalue weighted by Crippen LogP contribution is -2.48. The molecule has 2 rings (SSSR count). The van der Waals surface area contributed by atoms with Crippen molar-refractivity contribution in [1.29, 1.82) is 0 Å². The van der Waals surface area contributed by atoms with Gasteiger partial charge in [0, 0.05) is 18.7 Å². The lowest BCUT2D eigenvalue weighted by atomic mass is 9.82. The molecule has 4 nitrogen and oxygen atoms in total. The molecule has 0 radical (unpaired) electrons. The zero-order valence-corrected chi connectivity index (χ0v) is 12.5. The van der Waals surface area contributed by atoms with Crippen LogP contribution in [0.3, 0.4) is 0 Å². The molecule has 112 valence electrons. The second-order valence-electron chi connectivity index (χ2n) is 6.14. The van der Waals surface area contributed by atoms with Gasteiger partial charge in [-0.3, -0.25) is 0 Å². The van der Waals surface area contributed by atoms with Crippen molar-refractivity contribution in [2.45, 2.75) is 63.5 Å². The lowest BCUT2D eigenvalue weighted by Gasteiger charge is -2.35. The minimum atomic E-state index is -2.85. The molecule has 1 heterocycles. The van der Waals surface area contributed by atoms with Gasteiger partial charge in [-0.1, -0.05) is 19.3 Å². The average Bonchev–Trinajstić information content (AvgIpc) is 2.38. The molecule has 2 atom stereocenters. The molecule has 2 N–H and O–H groups in total. The first-order chi connectivity index (χ1) is 9.11. The molecule has 0 aromatic rings. The Hall–Kier alpha value is -0.130. The van der Waals surface area contributed by atoms with E-state index < -0.39 is 9.84 Å². The maximum Gasteiger partial charge on any atom is 0.151 e. The third kappa shape index (κ3) is 4.72. The van der Waals surface area contributed by atoms with Gasteiger partial charge in [-0.2, -0.15) is 0 Å². The van der Waals surface area contributed by atoms with Gasteiger partial charge in [0.05, 0.1) is 11.5 Å². The van der Waals surface area contributed by atoms with Crippen LogP contribution in [-0.4, -0.2) is 43.7 Å². The Morgan fingerprint density at radius 2 is 1.84 bits per heavy atom. The number of aliphatic hydroxyl groups is 1. The number of hydrogen-bond acceptors (Lipinski definition) is 4. The van der Waals surface area contributed by atoms with E-state index in [1.807, 2.05) is 0 Å². The molecular formula is C14H27NO3S. The summed E-state index contributed by atoms with van der Waals surface area (Å²) in [6.45, 7) is 0.188. The highest BCUT2D eigenvalue weighted by Gasteiger charge is 2.29. The SMILES string of the molecule is O=S1(=O)CCCC(NC(CCO)C2CCCCC2)C1. The number of aliphatic hydroxyl groups excluding tert-OH is 1. The van der Waals surface area contributed by atoms with E-state index in [1.54, 1.807) is 0 Å². The summed E-state index contributed by atoms with van der Waals surface area (Å²) in [5, 5.41) is 12.8. The maximum atomic E-state index is 11.7. The molecule has 1 aliphatic carbocycles. The number of nitrogens with one attached hydrogen (secondary N) is 1. The van der Waals surface area contributed by atoms with Crippen LogP contribution in [0.4, 0.5) is 0 Å². The molecule has 2 aliphatic rings. The summed E-state index contributed by atoms with van der Waals surface area (Å²) in [6.07, 6.45) is 8.79. The molecule has 1 saturated heterocycles. The average molecular weight is 289 g/mol. The van der Waals surface area contributed by atoms with Crippen LogP contribution < -0.4 is 5.32 Å². The van der Waals surface area contributed by atoms with Gasteiger partial charge in [-0.15, -0.1) is 0 Å². The van der Waals surface area contributed by atoms with Crippen molar-refractivity contribution in [2.75, 3.05) is 18.1 Å². The standard InChI is InChI=1S/C14H27NO3S/c16-9-8-14(12-5-2-1-3-6-12)15-13-7-4-10-19(17,18)11-13/h12-16H,1-11H2. The van der Waals surface area contributed by atoms with Crippen molar-refractivity contribution in [2.24, 2.45) is 5.92 Å². The van der Waals surface area contributed by atoms with Gasteiger partial charge in [0.2, 0.25) is 0 Å². The van der Waals surface area contributed by atoms with Gasteiger partial charge in [0.15, 0.2) is 9.84 Å². The molecule has 2 unspecified atom stereocenters. The topological polar surface area (TPSA) is 66.4 Å². The largest absolute Gasteiger partial charge is 0.396 e. The summed E-state index contributed by atoms with van der Waals surface area (Å²) < 4.78 is 23.4. The third-order valence-electron chi connectivity index (χ3n) is 4.57. The van der Waals surface area contributed by atoms with E-state index >= 15 is 0 Å². The highest BCUT2D eigenvalue weighted by molar-refractivity contribution is 7.91. The maximum absolute atomic E-state index is 11.7. The van der Waals surface area contributed by atoms with Crippen molar-refractivity contribution in [3.8, 4) is 0 Å². The smallest absolute Gasteiger partial charge is 0.151 e. The zero-order valence-electron chi connectivity index (χ0n) is 11.7. The fourth-order valence-electron chi connectivity index (χ4n) is 3.59. The first-order valence-corrected chi connectivity index (χ1v) is 9.50. The third-order valence-corrected chi connectivity index (χ3v) is 6.39. The summed E-state index contributed by atoms with van der Waals surface area (Å²) in [5.41, 5.74) is 0. The van der Waals surface area contributed by atoms with Crippen LogP contribution in [0.25, 0.3) is 0 Å². The van der Waals surface area contributed by atoms with Crippen molar-refractivity contribution in [3.05, 3.63) is 0 Å². The summed E-state index contributed by atoms with van der Waals surface area (Å²) in [6, 6.07) is 0.390. The van der Waals surface area contributed by atoms with Crippen LogP contribution in [0.2, 0.25) is 0 Å². The minimum absolute atomic E-state index is 0.0947. The summed E-state index contributed by atoms with van der Waals surface area (Å²) in [4.78, 5) is 0. The van der Waals surface area contributed by atoms with E-state index in [-0.39, 0.29) is 18.4 Å². The molecule has 1 aliphatic heterocycles. The van der Waals surface area contributed by atoms with Gasteiger partial charge in [-0.25, -0.2) is 8.42 Å². The van der Waals surface area contributed by atoms with Crippen molar-refractivity contribution in [3.63, 3.8) is 0 Å². The van der Waals surface area contributed by atoms with Crippen LogP contribution in [0.5, 0.6) is 0 Å². The van der Waals surface area contributed by atoms with Gasteiger partial charge in [-0.05, 0) is 38.0 Å². The van der Waals surface area contributed by atoms with E-state index in [9.17, 15) is 13.5 Å². The predicted molar refractivity (Wildman–Crippen MR) is 76.9 cm³/mol. The Kier molecular flexibility index (Phi) is 5.66. The highest BCUT2D eigenvalue weighted by Crippen LogP contribution is 2.28.